The molecule has 0 spiro atoms. The molecule has 0 fully saturated rings. The van der Waals surface area contributed by atoms with Gasteiger partial charge in [0.15, 0.2) is 0 Å². The van der Waals surface area contributed by atoms with Crippen LogP contribution in [-0.4, -0.2) is 22.6 Å². The lowest BCUT2D eigenvalue weighted by atomic mass is 9.97. The highest BCUT2D eigenvalue weighted by Crippen LogP contribution is 2.18. The first-order valence-corrected chi connectivity index (χ1v) is 5.72. The molecular weight excluding hydrogens is 186 g/mol. The summed E-state index contributed by atoms with van der Waals surface area (Å²) in [5.74, 6) is 0.519. The van der Waals surface area contributed by atoms with Crippen molar-refractivity contribution in [2.45, 2.75) is 45.6 Å². The number of hydrogen-bond donors (Lipinski definition) is 1. The van der Waals surface area contributed by atoms with Crippen LogP contribution in [0.15, 0.2) is 18.7 Å². The van der Waals surface area contributed by atoms with Crippen LogP contribution in [0.1, 0.15) is 45.1 Å². The Morgan fingerprint density at radius 1 is 1.27 bits per heavy atom. The van der Waals surface area contributed by atoms with Gasteiger partial charge in [-0.2, -0.15) is 0 Å². The average molecular weight is 207 g/mol. The Labute approximate surface area is 92.3 Å². The van der Waals surface area contributed by atoms with Crippen LogP contribution in [0.5, 0.6) is 0 Å². The molecule has 1 N–H and O–H groups in total. The SMILES string of the molecule is CCCNC(C)CC(C)c1cncnc1. The summed E-state index contributed by atoms with van der Waals surface area (Å²) in [5.41, 5.74) is 1.22. The van der Waals surface area contributed by atoms with Crippen LogP contribution in [0.25, 0.3) is 0 Å². The minimum absolute atomic E-state index is 0.519. The predicted octanol–water partition coefficient (Wildman–Crippen LogP) is 2.36. The summed E-state index contributed by atoms with van der Waals surface area (Å²) in [4.78, 5) is 8.09. The molecule has 15 heavy (non-hydrogen) atoms. The lowest BCUT2D eigenvalue weighted by molar-refractivity contribution is 0.478. The number of rotatable bonds is 6. The molecule has 1 aromatic rings. The minimum atomic E-state index is 0.519. The largest absolute Gasteiger partial charge is 0.314 e. The van der Waals surface area contributed by atoms with Gasteiger partial charge in [-0.15, -0.1) is 0 Å². The summed E-state index contributed by atoms with van der Waals surface area (Å²) >= 11 is 0. The van der Waals surface area contributed by atoms with E-state index in [-0.39, 0.29) is 0 Å². The van der Waals surface area contributed by atoms with Gasteiger partial charge in [-0.05, 0) is 37.8 Å². The zero-order valence-corrected chi connectivity index (χ0v) is 9.90. The van der Waals surface area contributed by atoms with E-state index in [4.69, 9.17) is 0 Å². The first-order valence-electron chi connectivity index (χ1n) is 5.72. The molecular formula is C12H21N3. The van der Waals surface area contributed by atoms with Crippen molar-refractivity contribution in [3.05, 3.63) is 24.3 Å². The second-order valence-electron chi connectivity index (χ2n) is 4.16. The fraction of sp³-hybridized carbons (Fsp3) is 0.667. The lowest BCUT2D eigenvalue weighted by Gasteiger charge is -2.18. The minimum Gasteiger partial charge on any atom is -0.314 e. The molecule has 0 amide bonds. The number of nitrogens with one attached hydrogen (secondary N) is 1. The molecule has 0 saturated heterocycles. The van der Waals surface area contributed by atoms with E-state index in [0.29, 0.717) is 12.0 Å². The van der Waals surface area contributed by atoms with E-state index >= 15 is 0 Å². The smallest absolute Gasteiger partial charge is 0.115 e. The molecule has 1 aromatic heterocycles. The van der Waals surface area contributed by atoms with Crippen LogP contribution in [-0.2, 0) is 0 Å². The molecule has 1 rings (SSSR count). The standard InChI is InChI=1S/C12H21N3/c1-4-5-15-11(3)6-10(2)12-7-13-9-14-8-12/h7-11,15H,4-6H2,1-3H3. The van der Waals surface area contributed by atoms with Crippen LogP contribution < -0.4 is 5.32 Å². The van der Waals surface area contributed by atoms with Crippen molar-refractivity contribution in [2.24, 2.45) is 0 Å². The lowest BCUT2D eigenvalue weighted by Crippen LogP contribution is -2.28. The van der Waals surface area contributed by atoms with Gasteiger partial charge in [-0.3, -0.25) is 0 Å². The Hall–Kier alpha value is -0.960. The average Bonchev–Trinajstić information content (AvgIpc) is 2.27. The summed E-state index contributed by atoms with van der Waals surface area (Å²) in [6, 6.07) is 0.556. The Bertz CT molecular complexity index is 261. The van der Waals surface area contributed by atoms with Gasteiger partial charge in [0, 0.05) is 18.4 Å². The van der Waals surface area contributed by atoms with E-state index in [2.05, 4.69) is 36.1 Å². The molecule has 3 heteroatoms. The molecule has 3 nitrogen and oxygen atoms in total. The van der Waals surface area contributed by atoms with Crippen LogP contribution in [0, 0.1) is 0 Å². The Morgan fingerprint density at radius 3 is 2.53 bits per heavy atom. The van der Waals surface area contributed by atoms with Gasteiger partial charge >= 0.3 is 0 Å². The van der Waals surface area contributed by atoms with Gasteiger partial charge in [0.25, 0.3) is 0 Å². The van der Waals surface area contributed by atoms with Gasteiger partial charge in [-0.25, -0.2) is 9.97 Å². The number of nitrogens with zero attached hydrogens (tertiary/aromatic N) is 2. The fourth-order valence-corrected chi connectivity index (χ4v) is 1.71. The zero-order chi connectivity index (χ0) is 11.1. The topological polar surface area (TPSA) is 37.8 Å². The van der Waals surface area contributed by atoms with Crippen LogP contribution in [0.3, 0.4) is 0 Å². The zero-order valence-electron chi connectivity index (χ0n) is 9.90. The molecule has 0 aromatic carbocycles. The predicted molar refractivity (Wildman–Crippen MR) is 62.8 cm³/mol. The van der Waals surface area contributed by atoms with Crippen LogP contribution in [0.2, 0.25) is 0 Å². The maximum Gasteiger partial charge on any atom is 0.115 e. The molecule has 0 aliphatic rings. The second-order valence-corrected chi connectivity index (χ2v) is 4.16. The third-order valence-electron chi connectivity index (χ3n) is 2.60. The number of aromatic nitrogens is 2. The van der Waals surface area contributed by atoms with E-state index in [9.17, 15) is 0 Å². The quantitative estimate of drug-likeness (QED) is 0.778. The fourth-order valence-electron chi connectivity index (χ4n) is 1.71. The summed E-state index contributed by atoms with van der Waals surface area (Å²) in [6.07, 6.45) is 7.71. The highest BCUT2D eigenvalue weighted by molar-refractivity contribution is 5.09. The van der Waals surface area contributed by atoms with Crippen molar-refractivity contribution in [3.63, 3.8) is 0 Å². The molecule has 0 saturated carbocycles. The maximum atomic E-state index is 4.04. The van der Waals surface area contributed by atoms with Crippen molar-refractivity contribution in [3.8, 4) is 0 Å². The van der Waals surface area contributed by atoms with Crippen molar-refractivity contribution >= 4 is 0 Å². The molecule has 0 aliphatic heterocycles. The summed E-state index contributed by atoms with van der Waals surface area (Å²) < 4.78 is 0. The number of hydrogen-bond acceptors (Lipinski definition) is 3. The highest BCUT2D eigenvalue weighted by atomic mass is 14.9. The van der Waals surface area contributed by atoms with Crippen molar-refractivity contribution in [2.75, 3.05) is 6.54 Å². The van der Waals surface area contributed by atoms with E-state index in [1.807, 2.05) is 12.4 Å². The van der Waals surface area contributed by atoms with Crippen molar-refractivity contribution in [1.29, 1.82) is 0 Å². The first-order chi connectivity index (χ1) is 7.24. The Kier molecular flexibility index (Phi) is 5.26. The van der Waals surface area contributed by atoms with E-state index in [1.165, 1.54) is 12.0 Å². The molecule has 1 heterocycles. The molecule has 2 atom stereocenters. The van der Waals surface area contributed by atoms with Gasteiger partial charge in [0.05, 0.1) is 0 Å². The third-order valence-corrected chi connectivity index (χ3v) is 2.60. The molecule has 84 valence electrons. The summed E-state index contributed by atoms with van der Waals surface area (Å²) in [5, 5.41) is 3.49. The van der Waals surface area contributed by atoms with E-state index in [0.717, 1.165) is 13.0 Å². The normalized spacial score (nSPS) is 14.9. The van der Waals surface area contributed by atoms with Crippen LogP contribution in [0.4, 0.5) is 0 Å². The molecule has 0 radical (unpaired) electrons. The highest BCUT2D eigenvalue weighted by Gasteiger charge is 2.10. The van der Waals surface area contributed by atoms with Crippen LogP contribution >= 0.6 is 0 Å². The van der Waals surface area contributed by atoms with Gasteiger partial charge in [0.2, 0.25) is 0 Å². The van der Waals surface area contributed by atoms with Gasteiger partial charge in [-0.1, -0.05) is 13.8 Å². The summed E-state index contributed by atoms with van der Waals surface area (Å²) in [7, 11) is 0. The third kappa shape index (κ3) is 4.38. The Morgan fingerprint density at radius 2 is 1.93 bits per heavy atom. The summed E-state index contributed by atoms with van der Waals surface area (Å²) in [6.45, 7) is 7.74. The van der Waals surface area contributed by atoms with Gasteiger partial charge < -0.3 is 5.32 Å². The monoisotopic (exact) mass is 207 g/mol. The van der Waals surface area contributed by atoms with E-state index in [1.54, 1.807) is 6.33 Å². The van der Waals surface area contributed by atoms with Gasteiger partial charge in [0.1, 0.15) is 6.33 Å². The van der Waals surface area contributed by atoms with Crippen molar-refractivity contribution < 1.29 is 0 Å². The Balaban J connectivity index is 2.38. The molecule has 2 unspecified atom stereocenters. The van der Waals surface area contributed by atoms with Crippen molar-refractivity contribution in [1.82, 2.24) is 15.3 Å². The second kappa shape index (κ2) is 6.51. The molecule has 0 bridgehead atoms. The first kappa shape index (κ1) is 12.1. The molecule has 0 aliphatic carbocycles. The van der Waals surface area contributed by atoms with E-state index < -0.39 is 0 Å². The maximum absolute atomic E-state index is 4.04.